The molecule has 0 atom stereocenters. The van der Waals surface area contributed by atoms with Crippen molar-refractivity contribution in [1.82, 2.24) is 0 Å². The van der Waals surface area contributed by atoms with Crippen molar-refractivity contribution >= 4 is 26.3 Å². The Morgan fingerprint density at radius 1 is 0.500 bits per heavy atom. The Bertz CT molecular complexity index is 1070. The quantitative estimate of drug-likeness (QED) is 0.664. The van der Waals surface area contributed by atoms with E-state index in [0.29, 0.717) is 4.86 Å². The summed E-state index contributed by atoms with van der Waals surface area (Å²) in [5.41, 5.74) is 5.40. The van der Waals surface area contributed by atoms with Crippen molar-refractivity contribution in [2.75, 3.05) is 0 Å². The molecule has 116 valence electrons. The molecule has 24 heavy (non-hydrogen) atoms. The highest BCUT2D eigenvalue weighted by molar-refractivity contribution is 7.74. The van der Waals surface area contributed by atoms with E-state index in [1.165, 1.54) is 0 Å². The molecule has 0 spiro atoms. The van der Waals surface area contributed by atoms with E-state index >= 15 is 0 Å². The van der Waals surface area contributed by atoms with Gasteiger partial charge in [0, 0.05) is 11.1 Å². The molecule has 3 heteroatoms. The Hall–Kier alpha value is -2.91. The van der Waals surface area contributed by atoms with Gasteiger partial charge in [0.15, 0.2) is 0 Å². The molecule has 0 bridgehead atoms. The first-order valence-corrected chi connectivity index (χ1v) is 8.76. The molecule has 3 aromatic rings. The molecule has 0 saturated heterocycles. The highest BCUT2D eigenvalue weighted by Gasteiger charge is 2.30. The zero-order valence-electron chi connectivity index (χ0n) is 12.8. The number of hydrogen-bond acceptors (Lipinski definition) is 2. The molecule has 4 rings (SSSR count). The van der Waals surface area contributed by atoms with Crippen molar-refractivity contribution in [3.8, 4) is 0 Å². The first-order chi connectivity index (χ1) is 11.8. The molecule has 1 aliphatic rings. The fourth-order valence-corrected chi connectivity index (χ4v) is 3.98. The Balaban J connectivity index is 2.16. The van der Waals surface area contributed by atoms with Crippen molar-refractivity contribution < 1.29 is 8.42 Å². The van der Waals surface area contributed by atoms with Crippen LogP contribution in [0.5, 0.6) is 0 Å². The lowest BCUT2D eigenvalue weighted by Gasteiger charge is -2.09. The van der Waals surface area contributed by atoms with E-state index < -0.39 is 10.3 Å². The van der Waals surface area contributed by atoms with Gasteiger partial charge in [0.2, 0.25) is 10.3 Å². The van der Waals surface area contributed by atoms with Gasteiger partial charge in [-0.25, -0.2) is 0 Å². The molecule has 0 aromatic heterocycles. The highest BCUT2D eigenvalue weighted by atomic mass is 32.2. The third kappa shape index (κ3) is 2.30. The normalized spacial score (nSPS) is 13.1. The van der Waals surface area contributed by atoms with Crippen molar-refractivity contribution in [1.29, 1.82) is 0 Å². The predicted octanol–water partition coefficient (Wildman–Crippen LogP) is 4.06. The van der Waals surface area contributed by atoms with E-state index in [4.69, 9.17) is 0 Å². The average molecular weight is 330 g/mol. The number of benzene rings is 3. The van der Waals surface area contributed by atoms with Gasteiger partial charge in [-0.2, -0.15) is 8.42 Å². The van der Waals surface area contributed by atoms with Gasteiger partial charge in [-0.05, 0) is 22.3 Å². The fraction of sp³-hybridized carbons (Fsp3) is 0. The van der Waals surface area contributed by atoms with E-state index in [0.717, 1.165) is 33.4 Å². The van der Waals surface area contributed by atoms with Crippen molar-refractivity contribution in [3.63, 3.8) is 0 Å². The number of rotatable bonds is 2. The molecular formula is C21H14O2S. The summed E-state index contributed by atoms with van der Waals surface area (Å²) in [5, 5.41) is 0. The third-order valence-electron chi connectivity index (χ3n) is 4.21. The molecule has 0 aliphatic heterocycles. The van der Waals surface area contributed by atoms with Crippen LogP contribution in [0.15, 0.2) is 84.9 Å². The maximum Gasteiger partial charge on any atom is 0.222 e. The van der Waals surface area contributed by atoms with Crippen molar-refractivity contribution in [3.05, 3.63) is 107 Å². The zero-order valence-corrected chi connectivity index (χ0v) is 13.6. The van der Waals surface area contributed by atoms with E-state index in [-0.39, 0.29) is 0 Å². The van der Waals surface area contributed by atoms with Gasteiger partial charge in [-0.3, -0.25) is 0 Å². The predicted molar refractivity (Wildman–Crippen MR) is 98.3 cm³/mol. The summed E-state index contributed by atoms with van der Waals surface area (Å²) in [5.74, 6) is 0. The molecule has 0 amide bonds. The maximum atomic E-state index is 12.1. The number of hydrogen-bond donors (Lipinski definition) is 0. The molecule has 0 heterocycles. The minimum absolute atomic E-state index is 0.371. The van der Waals surface area contributed by atoms with E-state index in [2.05, 4.69) is 0 Å². The van der Waals surface area contributed by atoms with Gasteiger partial charge in [-0.1, -0.05) is 84.9 Å². The maximum absolute atomic E-state index is 12.1. The lowest BCUT2D eigenvalue weighted by Crippen LogP contribution is -2.02. The zero-order chi connectivity index (χ0) is 16.5. The van der Waals surface area contributed by atoms with Crippen LogP contribution in [0.25, 0.3) is 11.1 Å². The summed E-state index contributed by atoms with van der Waals surface area (Å²) in [6.45, 7) is 0. The highest BCUT2D eigenvalue weighted by Crippen LogP contribution is 2.42. The van der Waals surface area contributed by atoms with Gasteiger partial charge >= 0.3 is 0 Å². The Labute approximate surface area is 142 Å². The van der Waals surface area contributed by atoms with Gasteiger partial charge in [0.1, 0.15) is 4.86 Å². The molecule has 0 radical (unpaired) electrons. The van der Waals surface area contributed by atoms with Crippen LogP contribution in [0.3, 0.4) is 0 Å². The minimum Gasteiger partial charge on any atom is -0.184 e. The van der Waals surface area contributed by atoms with Crippen LogP contribution in [0.4, 0.5) is 0 Å². The summed E-state index contributed by atoms with van der Waals surface area (Å²) in [6.07, 6.45) is 0. The second kappa shape index (κ2) is 5.95. The third-order valence-corrected chi connectivity index (χ3v) is 4.97. The summed E-state index contributed by atoms with van der Waals surface area (Å²) in [7, 11) is -2.32. The summed E-state index contributed by atoms with van der Waals surface area (Å²) in [4.78, 5) is 0.371. The van der Waals surface area contributed by atoms with Crippen LogP contribution in [0.2, 0.25) is 0 Å². The topological polar surface area (TPSA) is 34.1 Å². The van der Waals surface area contributed by atoms with Gasteiger partial charge in [0.25, 0.3) is 0 Å². The second-order valence-corrected chi connectivity index (χ2v) is 6.47. The molecular weight excluding hydrogens is 316 g/mol. The summed E-state index contributed by atoms with van der Waals surface area (Å²) < 4.78 is 24.1. The largest absolute Gasteiger partial charge is 0.222 e. The SMILES string of the molecule is O=S(=O)=C1C(c2ccccc2)=C(c2ccccc2)c2ccccc21. The Morgan fingerprint density at radius 2 is 0.958 bits per heavy atom. The lowest BCUT2D eigenvalue weighted by atomic mass is 9.94. The first-order valence-electron chi connectivity index (χ1n) is 7.69. The van der Waals surface area contributed by atoms with Crippen LogP contribution < -0.4 is 0 Å². The van der Waals surface area contributed by atoms with Crippen molar-refractivity contribution in [2.24, 2.45) is 0 Å². The number of fused-ring (bicyclic) bond motifs is 1. The number of allylic oxidation sites excluding steroid dienone is 1. The molecule has 3 aromatic carbocycles. The Morgan fingerprint density at radius 3 is 1.50 bits per heavy atom. The smallest absolute Gasteiger partial charge is 0.184 e. The summed E-state index contributed by atoms with van der Waals surface area (Å²) in [6, 6.07) is 27.3. The monoisotopic (exact) mass is 330 g/mol. The van der Waals surface area contributed by atoms with Crippen LogP contribution in [0, 0.1) is 0 Å². The van der Waals surface area contributed by atoms with Gasteiger partial charge < -0.3 is 0 Å². The van der Waals surface area contributed by atoms with Crippen LogP contribution in [-0.2, 0) is 10.3 Å². The second-order valence-electron chi connectivity index (χ2n) is 5.59. The van der Waals surface area contributed by atoms with E-state index in [1.807, 2.05) is 84.9 Å². The molecule has 0 N–H and O–H groups in total. The molecule has 1 aliphatic carbocycles. The van der Waals surface area contributed by atoms with Crippen LogP contribution >= 0.6 is 0 Å². The molecule has 0 fully saturated rings. The average Bonchev–Trinajstić information content (AvgIpc) is 2.98. The van der Waals surface area contributed by atoms with Gasteiger partial charge in [-0.15, -0.1) is 0 Å². The first kappa shape index (κ1) is 14.7. The van der Waals surface area contributed by atoms with Crippen molar-refractivity contribution in [2.45, 2.75) is 0 Å². The summed E-state index contributed by atoms with van der Waals surface area (Å²) >= 11 is 0. The standard InChI is InChI=1S/C21H14O2S/c22-24(23)21-18-14-8-7-13-17(18)19(15-9-3-1-4-10-15)20(21)16-11-5-2-6-12-16/h1-14H. The lowest BCUT2D eigenvalue weighted by molar-refractivity contribution is 0.627. The Kier molecular flexibility index (Phi) is 3.63. The molecule has 2 nitrogen and oxygen atoms in total. The fourth-order valence-electron chi connectivity index (χ4n) is 3.24. The van der Waals surface area contributed by atoms with Gasteiger partial charge in [0.05, 0.1) is 0 Å². The van der Waals surface area contributed by atoms with Crippen LogP contribution in [0.1, 0.15) is 22.3 Å². The molecule has 0 saturated carbocycles. The van der Waals surface area contributed by atoms with E-state index in [9.17, 15) is 8.42 Å². The van der Waals surface area contributed by atoms with E-state index in [1.54, 1.807) is 0 Å². The molecule has 0 unspecified atom stereocenters. The minimum atomic E-state index is -2.32. The van der Waals surface area contributed by atoms with Crippen LogP contribution in [-0.4, -0.2) is 13.3 Å².